The summed E-state index contributed by atoms with van der Waals surface area (Å²) in [5, 5.41) is 2.71. The minimum atomic E-state index is -0.435. The fourth-order valence-electron chi connectivity index (χ4n) is 1.64. The number of furan rings is 1. The van der Waals surface area contributed by atoms with Crippen molar-refractivity contribution in [2.45, 2.75) is 13.0 Å². The zero-order valence-electron chi connectivity index (χ0n) is 11.0. The summed E-state index contributed by atoms with van der Waals surface area (Å²) in [7, 11) is 1.31. The Bertz CT molecular complexity index is 593. The first-order valence-electron chi connectivity index (χ1n) is 6.01. The molecule has 1 N–H and O–H groups in total. The number of hydrogen-bond donors (Lipinski definition) is 1. The molecule has 6 nitrogen and oxygen atoms in total. The predicted molar refractivity (Wildman–Crippen MR) is 69.8 cm³/mol. The molecular formula is C14H14N2O4. The second-order valence-electron chi connectivity index (χ2n) is 4.06. The van der Waals surface area contributed by atoms with Crippen LogP contribution >= 0.6 is 0 Å². The van der Waals surface area contributed by atoms with E-state index in [4.69, 9.17) is 4.42 Å². The monoisotopic (exact) mass is 274 g/mol. The Morgan fingerprint density at radius 2 is 2.25 bits per heavy atom. The first-order valence-corrected chi connectivity index (χ1v) is 6.01. The van der Waals surface area contributed by atoms with Crippen LogP contribution in [0.5, 0.6) is 0 Å². The Kier molecular flexibility index (Phi) is 4.49. The number of carbonyl (C=O) groups is 2. The molecule has 0 unspecified atom stereocenters. The van der Waals surface area contributed by atoms with Gasteiger partial charge in [-0.3, -0.25) is 9.78 Å². The van der Waals surface area contributed by atoms with E-state index in [0.29, 0.717) is 17.0 Å². The number of ether oxygens (including phenoxy) is 1. The van der Waals surface area contributed by atoms with Gasteiger partial charge in [-0.05, 0) is 24.3 Å². The van der Waals surface area contributed by atoms with E-state index in [1.807, 2.05) is 0 Å². The average molecular weight is 274 g/mol. The van der Waals surface area contributed by atoms with E-state index in [0.717, 1.165) is 0 Å². The van der Waals surface area contributed by atoms with Crippen molar-refractivity contribution in [3.63, 3.8) is 0 Å². The molecule has 2 aromatic rings. The van der Waals surface area contributed by atoms with E-state index in [2.05, 4.69) is 15.0 Å². The molecule has 0 spiro atoms. The number of rotatable bonds is 5. The highest BCUT2D eigenvalue weighted by atomic mass is 16.5. The largest absolute Gasteiger partial charge is 0.469 e. The van der Waals surface area contributed by atoms with Gasteiger partial charge >= 0.3 is 5.97 Å². The van der Waals surface area contributed by atoms with Crippen molar-refractivity contribution in [1.82, 2.24) is 10.3 Å². The average Bonchev–Trinajstić information content (AvgIpc) is 2.97. The highest BCUT2D eigenvalue weighted by Gasteiger charge is 2.08. The summed E-state index contributed by atoms with van der Waals surface area (Å²) in [6.07, 6.45) is 3.19. The van der Waals surface area contributed by atoms with Crippen LogP contribution in [0.2, 0.25) is 0 Å². The summed E-state index contributed by atoms with van der Waals surface area (Å²) in [4.78, 5) is 27.1. The molecule has 20 heavy (non-hydrogen) atoms. The summed E-state index contributed by atoms with van der Waals surface area (Å²) >= 11 is 0. The Morgan fingerprint density at radius 1 is 1.40 bits per heavy atom. The smallest absolute Gasteiger partial charge is 0.337 e. The highest BCUT2D eigenvalue weighted by Crippen LogP contribution is 2.04. The van der Waals surface area contributed by atoms with Crippen LogP contribution in [0.1, 0.15) is 21.8 Å². The van der Waals surface area contributed by atoms with Crippen LogP contribution in [0.3, 0.4) is 0 Å². The van der Waals surface area contributed by atoms with Gasteiger partial charge in [0.25, 0.3) is 0 Å². The first-order chi connectivity index (χ1) is 9.69. The van der Waals surface area contributed by atoms with Gasteiger partial charge in [0, 0.05) is 6.20 Å². The zero-order chi connectivity index (χ0) is 14.4. The van der Waals surface area contributed by atoms with Crippen LogP contribution < -0.4 is 5.32 Å². The van der Waals surface area contributed by atoms with Crippen LogP contribution in [-0.4, -0.2) is 24.0 Å². The van der Waals surface area contributed by atoms with E-state index in [1.165, 1.54) is 19.6 Å². The zero-order valence-corrected chi connectivity index (χ0v) is 11.0. The van der Waals surface area contributed by atoms with Gasteiger partial charge in [-0.25, -0.2) is 4.79 Å². The minimum Gasteiger partial charge on any atom is -0.469 e. The Morgan fingerprint density at radius 3 is 2.95 bits per heavy atom. The van der Waals surface area contributed by atoms with Crippen LogP contribution in [0.4, 0.5) is 0 Å². The second-order valence-corrected chi connectivity index (χ2v) is 4.06. The first kappa shape index (κ1) is 13.8. The van der Waals surface area contributed by atoms with Gasteiger partial charge in [0.05, 0.1) is 37.6 Å². The molecule has 0 aliphatic rings. The fourth-order valence-corrected chi connectivity index (χ4v) is 1.64. The topological polar surface area (TPSA) is 81.4 Å². The van der Waals surface area contributed by atoms with Crippen molar-refractivity contribution < 1.29 is 18.7 Å². The van der Waals surface area contributed by atoms with E-state index in [1.54, 1.807) is 24.3 Å². The molecule has 2 aromatic heterocycles. The van der Waals surface area contributed by atoms with E-state index >= 15 is 0 Å². The molecule has 0 atom stereocenters. The summed E-state index contributed by atoms with van der Waals surface area (Å²) in [5.41, 5.74) is 0.985. The molecule has 1 amide bonds. The summed E-state index contributed by atoms with van der Waals surface area (Å²) in [5.74, 6) is -0.0143. The van der Waals surface area contributed by atoms with Gasteiger partial charge < -0.3 is 14.5 Å². The predicted octanol–water partition coefficient (Wildman–Crippen LogP) is 1.32. The fraction of sp³-hybridized carbons (Fsp3) is 0.214. The maximum absolute atomic E-state index is 11.7. The molecule has 2 rings (SSSR count). The van der Waals surface area contributed by atoms with Gasteiger partial charge in [0.2, 0.25) is 5.91 Å². The maximum Gasteiger partial charge on any atom is 0.337 e. The number of carbonyl (C=O) groups excluding carboxylic acids is 2. The van der Waals surface area contributed by atoms with Crippen molar-refractivity contribution in [3.05, 3.63) is 53.7 Å². The molecule has 2 heterocycles. The number of amides is 1. The van der Waals surface area contributed by atoms with Crippen LogP contribution in [0, 0.1) is 0 Å². The SMILES string of the molecule is COC(=O)c1ccnc(CNC(=O)Cc2ccco2)c1. The lowest BCUT2D eigenvalue weighted by Crippen LogP contribution is -2.25. The summed E-state index contributed by atoms with van der Waals surface area (Å²) in [6.45, 7) is 0.240. The van der Waals surface area contributed by atoms with Gasteiger partial charge in [-0.15, -0.1) is 0 Å². The molecule has 0 aromatic carbocycles. The van der Waals surface area contributed by atoms with Crippen molar-refractivity contribution in [2.24, 2.45) is 0 Å². The van der Waals surface area contributed by atoms with E-state index < -0.39 is 5.97 Å². The molecule has 0 bridgehead atoms. The lowest BCUT2D eigenvalue weighted by Gasteiger charge is -2.05. The molecule has 0 aliphatic heterocycles. The molecule has 0 saturated heterocycles. The number of esters is 1. The van der Waals surface area contributed by atoms with E-state index in [9.17, 15) is 9.59 Å². The number of nitrogens with zero attached hydrogens (tertiary/aromatic N) is 1. The Balaban J connectivity index is 1.90. The highest BCUT2D eigenvalue weighted by molar-refractivity contribution is 5.89. The number of pyridine rings is 1. The Hall–Kier alpha value is -2.63. The molecule has 0 aliphatic carbocycles. The number of nitrogens with one attached hydrogen (secondary N) is 1. The molecule has 0 saturated carbocycles. The third-order valence-electron chi connectivity index (χ3n) is 2.62. The van der Waals surface area contributed by atoms with Crippen molar-refractivity contribution in [1.29, 1.82) is 0 Å². The number of methoxy groups -OCH3 is 1. The number of aromatic nitrogens is 1. The van der Waals surface area contributed by atoms with Gasteiger partial charge in [-0.1, -0.05) is 0 Å². The normalized spacial score (nSPS) is 10.1. The third kappa shape index (κ3) is 3.68. The summed E-state index contributed by atoms with van der Waals surface area (Å²) in [6, 6.07) is 6.60. The third-order valence-corrected chi connectivity index (χ3v) is 2.62. The molecule has 6 heteroatoms. The minimum absolute atomic E-state index is 0.170. The second kappa shape index (κ2) is 6.51. The maximum atomic E-state index is 11.7. The van der Waals surface area contributed by atoms with Crippen LogP contribution in [0.15, 0.2) is 41.1 Å². The lowest BCUT2D eigenvalue weighted by molar-refractivity contribution is -0.120. The molecule has 0 fully saturated rings. The van der Waals surface area contributed by atoms with Crippen molar-refractivity contribution in [2.75, 3.05) is 7.11 Å². The van der Waals surface area contributed by atoms with Crippen LogP contribution in [0.25, 0.3) is 0 Å². The lowest BCUT2D eigenvalue weighted by atomic mass is 10.2. The standard InChI is InChI=1S/C14H14N2O4/c1-19-14(18)10-4-5-15-11(7-10)9-16-13(17)8-12-3-2-6-20-12/h2-7H,8-9H2,1H3,(H,16,17). The van der Waals surface area contributed by atoms with Crippen molar-refractivity contribution in [3.8, 4) is 0 Å². The molecule has 104 valence electrons. The van der Waals surface area contributed by atoms with Gasteiger partial charge in [0.15, 0.2) is 0 Å². The van der Waals surface area contributed by atoms with Crippen LogP contribution in [-0.2, 0) is 22.5 Å². The quantitative estimate of drug-likeness (QED) is 0.832. The number of hydrogen-bond acceptors (Lipinski definition) is 5. The van der Waals surface area contributed by atoms with Gasteiger partial charge in [-0.2, -0.15) is 0 Å². The van der Waals surface area contributed by atoms with E-state index in [-0.39, 0.29) is 18.9 Å². The molecule has 0 radical (unpaired) electrons. The Labute approximate surface area is 115 Å². The van der Waals surface area contributed by atoms with Crippen molar-refractivity contribution >= 4 is 11.9 Å². The molecular weight excluding hydrogens is 260 g/mol. The van der Waals surface area contributed by atoms with Gasteiger partial charge in [0.1, 0.15) is 5.76 Å². The summed E-state index contributed by atoms with van der Waals surface area (Å²) < 4.78 is 9.70.